The van der Waals surface area contributed by atoms with Gasteiger partial charge in [0.2, 0.25) is 17.7 Å². The number of piperidine rings is 1. The summed E-state index contributed by atoms with van der Waals surface area (Å²) >= 11 is 0. The van der Waals surface area contributed by atoms with Crippen LogP contribution in [0.5, 0.6) is 0 Å². The van der Waals surface area contributed by atoms with Crippen molar-refractivity contribution in [3.8, 4) is 0 Å². The summed E-state index contributed by atoms with van der Waals surface area (Å²) < 4.78 is 7.74. The first-order valence-electron chi connectivity index (χ1n) is 12.9. The van der Waals surface area contributed by atoms with Crippen LogP contribution in [0.3, 0.4) is 0 Å². The normalized spacial score (nSPS) is 22.6. The number of nitrogens with zero attached hydrogens (tertiary/aromatic N) is 7. The molecule has 1 atom stereocenters. The van der Waals surface area contributed by atoms with E-state index in [1.807, 2.05) is 43.7 Å². The lowest BCUT2D eigenvalue weighted by Crippen LogP contribution is -2.45. The number of aryl methyl sites for hydroxylation is 2. The van der Waals surface area contributed by atoms with Crippen molar-refractivity contribution in [2.45, 2.75) is 64.8 Å². The Morgan fingerprint density at radius 1 is 1.11 bits per heavy atom. The van der Waals surface area contributed by atoms with Gasteiger partial charge in [-0.05, 0) is 50.5 Å². The highest BCUT2D eigenvalue weighted by Crippen LogP contribution is 2.49. The quantitative estimate of drug-likeness (QED) is 0.644. The molecule has 190 valence electrons. The van der Waals surface area contributed by atoms with Crippen LogP contribution < -0.4 is 0 Å². The number of carbonyl (C=O) groups excluding carboxylic acids is 2. The number of likely N-dealkylation sites (tertiary alicyclic amines) is 3. The zero-order chi connectivity index (χ0) is 24.7. The van der Waals surface area contributed by atoms with Gasteiger partial charge in [-0.1, -0.05) is 13.8 Å². The smallest absolute Gasteiger partial charge is 0.272 e. The lowest BCUT2D eigenvalue weighted by atomic mass is 9.76. The van der Waals surface area contributed by atoms with E-state index in [9.17, 15) is 9.59 Å². The average molecular weight is 484 g/mol. The summed E-state index contributed by atoms with van der Waals surface area (Å²) in [6.07, 6.45) is 4.82. The largest absolute Gasteiger partial charge is 0.423 e. The van der Waals surface area contributed by atoms with Crippen molar-refractivity contribution >= 4 is 11.8 Å². The number of hydrogen-bond donors (Lipinski definition) is 0. The molecule has 5 heterocycles. The monoisotopic (exact) mass is 483 g/mol. The molecule has 3 saturated heterocycles. The maximum absolute atomic E-state index is 13.1. The van der Waals surface area contributed by atoms with Gasteiger partial charge >= 0.3 is 0 Å². The third-order valence-corrected chi connectivity index (χ3v) is 7.97. The zero-order valence-electron chi connectivity index (χ0n) is 21.4. The van der Waals surface area contributed by atoms with E-state index in [0.29, 0.717) is 37.1 Å². The Labute approximate surface area is 206 Å². The minimum atomic E-state index is -0.0662. The molecule has 1 spiro atoms. The zero-order valence-corrected chi connectivity index (χ0v) is 21.4. The minimum absolute atomic E-state index is 0.0293. The molecule has 3 fully saturated rings. The van der Waals surface area contributed by atoms with Gasteiger partial charge in [-0.15, -0.1) is 10.2 Å². The highest BCUT2D eigenvalue weighted by molar-refractivity contribution is 5.92. The van der Waals surface area contributed by atoms with Gasteiger partial charge in [0.05, 0.1) is 18.3 Å². The molecule has 35 heavy (non-hydrogen) atoms. The predicted octanol–water partition coefficient (Wildman–Crippen LogP) is 2.53. The number of aromatic nitrogens is 4. The van der Waals surface area contributed by atoms with Crippen molar-refractivity contribution in [3.63, 3.8) is 0 Å². The van der Waals surface area contributed by atoms with E-state index in [-0.39, 0.29) is 29.2 Å². The molecule has 2 amide bonds. The summed E-state index contributed by atoms with van der Waals surface area (Å²) in [5.74, 6) is 1.64. The third kappa shape index (κ3) is 4.72. The van der Waals surface area contributed by atoms with Gasteiger partial charge < -0.3 is 14.2 Å². The van der Waals surface area contributed by atoms with E-state index < -0.39 is 0 Å². The number of hydrogen-bond acceptors (Lipinski definition) is 7. The number of carbonyl (C=O) groups is 2. The third-order valence-electron chi connectivity index (χ3n) is 7.97. The number of amides is 2. The Morgan fingerprint density at radius 2 is 1.83 bits per heavy atom. The summed E-state index contributed by atoms with van der Waals surface area (Å²) in [5.41, 5.74) is 1.51. The molecule has 3 aliphatic rings. The van der Waals surface area contributed by atoms with Crippen LogP contribution >= 0.6 is 0 Å². The lowest BCUT2D eigenvalue weighted by molar-refractivity contribution is -0.131. The second-order valence-corrected chi connectivity index (χ2v) is 10.9. The van der Waals surface area contributed by atoms with Gasteiger partial charge in [-0.25, -0.2) is 0 Å². The van der Waals surface area contributed by atoms with E-state index in [1.165, 1.54) is 0 Å². The SMILES string of the molecule is Cc1cc(C(=O)N2CCC3(CC2)CC(c2nnc(C(C)C)o2)N(CC(=O)N2CCCC2)C3)n(C)n1. The molecular weight excluding hydrogens is 446 g/mol. The van der Waals surface area contributed by atoms with Crippen molar-refractivity contribution in [2.75, 3.05) is 39.3 Å². The maximum Gasteiger partial charge on any atom is 0.272 e. The van der Waals surface area contributed by atoms with E-state index in [1.54, 1.807) is 4.68 Å². The average Bonchev–Trinajstić information content (AvgIpc) is 3.61. The van der Waals surface area contributed by atoms with Crippen LogP contribution in [0.4, 0.5) is 0 Å². The van der Waals surface area contributed by atoms with Crippen LogP contribution in [0.25, 0.3) is 0 Å². The molecule has 10 nitrogen and oxygen atoms in total. The first-order valence-corrected chi connectivity index (χ1v) is 12.9. The fraction of sp³-hybridized carbons (Fsp3) is 0.720. The predicted molar refractivity (Wildman–Crippen MR) is 129 cm³/mol. The van der Waals surface area contributed by atoms with Crippen molar-refractivity contribution in [3.05, 3.63) is 29.2 Å². The molecule has 1 unspecified atom stereocenters. The van der Waals surface area contributed by atoms with Crippen molar-refractivity contribution in [2.24, 2.45) is 12.5 Å². The molecule has 3 aliphatic heterocycles. The van der Waals surface area contributed by atoms with Crippen LogP contribution in [-0.2, 0) is 11.8 Å². The fourth-order valence-corrected chi connectivity index (χ4v) is 5.93. The van der Waals surface area contributed by atoms with Crippen molar-refractivity contribution in [1.82, 2.24) is 34.7 Å². The molecule has 0 aromatic carbocycles. The standard InChI is InChI=1S/C25H37N7O3/c1-17(2)22-26-27-23(35-22)20-14-25(16-32(20)15-21(33)30-9-5-6-10-30)7-11-31(12-8-25)24(34)19-13-18(3)28-29(19)4/h13,17,20H,5-12,14-16H2,1-4H3. The summed E-state index contributed by atoms with van der Waals surface area (Å²) in [6.45, 7) is 10.3. The molecular formula is C25H37N7O3. The van der Waals surface area contributed by atoms with Crippen LogP contribution in [0.2, 0.25) is 0 Å². The molecule has 0 aliphatic carbocycles. The molecule has 2 aromatic heterocycles. The summed E-state index contributed by atoms with van der Waals surface area (Å²) in [5, 5.41) is 13.0. The topological polar surface area (TPSA) is 101 Å². The maximum atomic E-state index is 13.1. The Morgan fingerprint density at radius 3 is 2.43 bits per heavy atom. The van der Waals surface area contributed by atoms with Crippen molar-refractivity contribution in [1.29, 1.82) is 0 Å². The fourth-order valence-electron chi connectivity index (χ4n) is 5.93. The van der Waals surface area contributed by atoms with Gasteiger partial charge in [0.15, 0.2) is 0 Å². The molecule has 10 heteroatoms. The summed E-state index contributed by atoms with van der Waals surface area (Å²) in [6, 6.07) is 1.79. The lowest BCUT2D eigenvalue weighted by Gasteiger charge is -2.39. The second kappa shape index (κ2) is 9.37. The van der Waals surface area contributed by atoms with Gasteiger partial charge in [0.25, 0.3) is 5.91 Å². The van der Waals surface area contributed by atoms with Crippen LogP contribution in [0, 0.1) is 12.3 Å². The van der Waals surface area contributed by atoms with E-state index in [4.69, 9.17) is 4.42 Å². The van der Waals surface area contributed by atoms with E-state index in [0.717, 1.165) is 57.4 Å². The van der Waals surface area contributed by atoms with Gasteiger partial charge in [-0.3, -0.25) is 19.2 Å². The van der Waals surface area contributed by atoms with Gasteiger partial charge in [0.1, 0.15) is 5.69 Å². The van der Waals surface area contributed by atoms with Crippen molar-refractivity contribution < 1.29 is 14.0 Å². The summed E-state index contributed by atoms with van der Waals surface area (Å²) in [4.78, 5) is 32.3. The minimum Gasteiger partial charge on any atom is -0.423 e. The highest BCUT2D eigenvalue weighted by Gasteiger charge is 2.49. The molecule has 2 aromatic rings. The van der Waals surface area contributed by atoms with Gasteiger partial charge in [0, 0.05) is 45.7 Å². The van der Waals surface area contributed by atoms with Crippen LogP contribution in [-0.4, -0.2) is 85.8 Å². The molecule has 0 N–H and O–H groups in total. The molecule has 0 radical (unpaired) electrons. The Kier molecular flexibility index (Phi) is 6.41. The Hall–Kier alpha value is -2.75. The van der Waals surface area contributed by atoms with Gasteiger partial charge in [-0.2, -0.15) is 5.10 Å². The molecule has 0 saturated carbocycles. The molecule has 5 rings (SSSR count). The van der Waals surface area contributed by atoms with Crippen LogP contribution in [0.15, 0.2) is 10.5 Å². The Balaban J connectivity index is 1.31. The van der Waals surface area contributed by atoms with E-state index >= 15 is 0 Å². The first kappa shape index (κ1) is 24.0. The Bertz CT molecular complexity index is 1080. The number of rotatable bonds is 5. The summed E-state index contributed by atoms with van der Waals surface area (Å²) in [7, 11) is 1.82. The van der Waals surface area contributed by atoms with E-state index in [2.05, 4.69) is 20.2 Å². The molecule has 0 bridgehead atoms. The first-order chi connectivity index (χ1) is 16.7. The van der Waals surface area contributed by atoms with Crippen LogP contribution in [0.1, 0.15) is 85.9 Å². The second-order valence-electron chi connectivity index (χ2n) is 10.9. The highest BCUT2D eigenvalue weighted by atomic mass is 16.4.